The number of benzene rings is 1. The lowest BCUT2D eigenvalue weighted by atomic mass is 10.1. The first kappa shape index (κ1) is 12.7. The van der Waals surface area contributed by atoms with Crippen LogP contribution in [-0.2, 0) is 4.74 Å². The van der Waals surface area contributed by atoms with Gasteiger partial charge in [-0.05, 0) is 32.9 Å². The maximum absolute atomic E-state index is 11.8. The molecule has 1 rings (SSSR count). The van der Waals surface area contributed by atoms with Crippen LogP contribution >= 0.6 is 12.6 Å². The molecule has 0 saturated carbocycles. The Labute approximate surface area is 100 Å². The van der Waals surface area contributed by atoms with Crippen LogP contribution in [0.4, 0.5) is 11.4 Å². The Balaban J connectivity index is 3.14. The molecule has 0 bridgehead atoms. The average molecular weight is 240 g/mol. The van der Waals surface area contributed by atoms with Gasteiger partial charge in [0, 0.05) is 4.90 Å². The Morgan fingerprint density at radius 2 is 1.88 bits per heavy atom. The largest absolute Gasteiger partial charge is 0.456 e. The van der Waals surface area contributed by atoms with E-state index in [1.54, 1.807) is 32.9 Å². The molecule has 0 spiro atoms. The molecule has 0 aliphatic heterocycles. The molecular weight excluding hydrogens is 224 g/mol. The minimum atomic E-state index is -0.575. The third kappa shape index (κ3) is 2.82. The van der Waals surface area contributed by atoms with Crippen LogP contribution in [-0.4, -0.2) is 11.6 Å². The van der Waals surface area contributed by atoms with Gasteiger partial charge in [-0.3, -0.25) is 0 Å². The Hall–Kier alpha value is -1.36. The molecule has 0 heterocycles. The number of carbonyl (C=O) groups is 1. The molecule has 0 aliphatic rings. The Bertz CT molecular complexity index is 425. The molecule has 1 aromatic rings. The first-order valence-corrected chi connectivity index (χ1v) is 5.27. The number of nitrogen functional groups attached to an aromatic ring is 2. The molecule has 0 aromatic heterocycles. The summed E-state index contributed by atoms with van der Waals surface area (Å²) in [7, 11) is 0. The number of anilines is 2. The van der Waals surface area contributed by atoms with Crippen molar-refractivity contribution in [2.45, 2.75) is 31.3 Å². The van der Waals surface area contributed by atoms with Crippen molar-refractivity contribution in [2.24, 2.45) is 0 Å². The average Bonchev–Trinajstić information content (AvgIpc) is 2.09. The van der Waals surface area contributed by atoms with Crippen LogP contribution in [0.15, 0.2) is 17.0 Å². The lowest BCUT2D eigenvalue weighted by Crippen LogP contribution is -2.25. The van der Waals surface area contributed by atoms with Crippen molar-refractivity contribution >= 4 is 30.0 Å². The summed E-state index contributed by atoms with van der Waals surface area (Å²) < 4.78 is 5.22. The zero-order valence-corrected chi connectivity index (χ0v) is 10.5. The van der Waals surface area contributed by atoms with Crippen molar-refractivity contribution in [3.8, 4) is 0 Å². The summed E-state index contributed by atoms with van der Waals surface area (Å²) >= 11 is 4.17. The second-order valence-electron chi connectivity index (χ2n) is 4.46. The highest BCUT2D eigenvalue weighted by atomic mass is 32.1. The van der Waals surface area contributed by atoms with E-state index in [-0.39, 0.29) is 11.3 Å². The zero-order valence-electron chi connectivity index (χ0n) is 9.57. The van der Waals surface area contributed by atoms with Gasteiger partial charge >= 0.3 is 5.97 Å². The van der Waals surface area contributed by atoms with E-state index in [1.807, 2.05) is 0 Å². The summed E-state index contributed by atoms with van der Waals surface area (Å²) in [6.07, 6.45) is 0. The predicted molar refractivity (Wildman–Crippen MR) is 67.7 cm³/mol. The van der Waals surface area contributed by atoms with E-state index in [0.29, 0.717) is 10.6 Å². The van der Waals surface area contributed by atoms with Crippen molar-refractivity contribution in [3.05, 3.63) is 17.7 Å². The summed E-state index contributed by atoms with van der Waals surface area (Å²) in [5, 5.41) is 0. The topological polar surface area (TPSA) is 78.3 Å². The normalized spacial score (nSPS) is 11.2. The van der Waals surface area contributed by atoms with E-state index in [9.17, 15) is 4.79 Å². The molecule has 0 radical (unpaired) electrons. The predicted octanol–water partition coefficient (Wildman–Crippen LogP) is 2.09. The quantitative estimate of drug-likeness (QED) is 0.399. The highest BCUT2D eigenvalue weighted by molar-refractivity contribution is 7.80. The molecular formula is C11H16N2O2S. The van der Waals surface area contributed by atoms with E-state index >= 15 is 0 Å². The summed E-state index contributed by atoms with van der Waals surface area (Å²) in [6, 6.07) is 3.22. The van der Waals surface area contributed by atoms with Crippen molar-refractivity contribution in [1.82, 2.24) is 0 Å². The lowest BCUT2D eigenvalue weighted by molar-refractivity contribution is 0.00670. The van der Waals surface area contributed by atoms with Gasteiger partial charge in [-0.15, -0.1) is 12.6 Å². The Morgan fingerprint density at radius 1 is 1.31 bits per heavy atom. The van der Waals surface area contributed by atoms with Crippen LogP contribution in [0.3, 0.4) is 0 Å². The fourth-order valence-corrected chi connectivity index (χ4v) is 1.45. The number of nitrogens with two attached hydrogens (primary N) is 2. The van der Waals surface area contributed by atoms with E-state index in [4.69, 9.17) is 16.2 Å². The Morgan fingerprint density at radius 3 is 2.38 bits per heavy atom. The second kappa shape index (κ2) is 4.25. The molecule has 4 N–H and O–H groups in total. The van der Waals surface area contributed by atoms with Gasteiger partial charge in [0.1, 0.15) is 5.60 Å². The fraction of sp³-hybridized carbons (Fsp3) is 0.364. The molecule has 0 atom stereocenters. The molecule has 0 amide bonds. The van der Waals surface area contributed by atoms with Crippen molar-refractivity contribution in [1.29, 1.82) is 0 Å². The maximum atomic E-state index is 11.8. The zero-order chi connectivity index (χ0) is 12.5. The molecule has 0 fully saturated rings. The number of carbonyl (C=O) groups excluding carboxylic acids is 1. The summed E-state index contributed by atoms with van der Waals surface area (Å²) in [4.78, 5) is 12.3. The van der Waals surface area contributed by atoms with Gasteiger partial charge in [-0.25, -0.2) is 4.79 Å². The van der Waals surface area contributed by atoms with Crippen molar-refractivity contribution < 1.29 is 9.53 Å². The molecule has 4 nitrogen and oxygen atoms in total. The van der Waals surface area contributed by atoms with Gasteiger partial charge in [-0.1, -0.05) is 0 Å². The first-order valence-electron chi connectivity index (χ1n) is 4.82. The SMILES string of the molecule is CC(C)(C)OC(=O)c1c(S)ccc(N)c1N. The molecule has 88 valence electrons. The third-order valence-corrected chi connectivity index (χ3v) is 2.23. The third-order valence-electron chi connectivity index (χ3n) is 1.86. The first-order chi connectivity index (χ1) is 7.22. The van der Waals surface area contributed by atoms with Crippen LogP contribution < -0.4 is 11.5 Å². The van der Waals surface area contributed by atoms with Crippen molar-refractivity contribution in [3.63, 3.8) is 0 Å². The van der Waals surface area contributed by atoms with Crippen LogP contribution in [0.25, 0.3) is 0 Å². The number of thiol groups is 1. The number of rotatable bonds is 1. The highest BCUT2D eigenvalue weighted by Gasteiger charge is 2.22. The van der Waals surface area contributed by atoms with Crippen LogP contribution in [0.2, 0.25) is 0 Å². The highest BCUT2D eigenvalue weighted by Crippen LogP contribution is 2.28. The molecule has 0 unspecified atom stereocenters. The lowest BCUT2D eigenvalue weighted by Gasteiger charge is -2.21. The summed E-state index contributed by atoms with van der Waals surface area (Å²) in [5.41, 5.74) is 11.6. The number of hydrogen-bond donors (Lipinski definition) is 3. The standard InChI is InChI=1S/C11H16N2O2S/c1-11(2,3)15-10(14)8-7(16)5-4-6(12)9(8)13/h4-5,16H,12-13H2,1-3H3. The summed E-state index contributed by atoms with van der Waals surface area (Å²) in [6.45, 7) is 5.35. The molecule has 0 saturated heterocycles. The number of ether oxygens (including phenoxy) is 1. The van der Waals surface area contributed by atoms with E-state index in [1.165, 1.54) is 0 Å². The molecule has 16 heavy (non-hydrogen) atoms. The van der Waals surface area contributed by atoms with E-state index < -0.39 is 11.6 Å². The fourth-order valence-electron chi connectivity index (χ4n) is 1.17. The van der Waals surface area contributed by atoms with Gasteiger partial charge < -0.3 is 16.2 Å². The van der Waals surface area contributed by atoms with Gasteiger partial charge in [-0.2, -0.15) is 0 Å². The van der Waals surface area contributed by atoms with Crippen LogP contribution in [0.5, 0.6) is 0 Å². The van der Waals surface area contributed by atoms with E-state index in [2.05, 4.69) is 12.6 Å². The van der Waals surface area contributed by atoms with Crippen molar-refractivity contribution in [2.75, 3.05) is 11.5 Å². The molecule has 5 heteroatoms. The Kier molecular flexibility index (Phi) is 3.38. The van der Waals surface area contributed by atoms with Gasteiger partial charge in [0.15, 0.2) is 0 Å². The number of hydrogen-bond acceptors (Lipinski definition) is 5. The molecule has 0 aliphatic carbocycles. The van der Waals surface area contributed by atoms with E-state index in [0.717, 1.165) is 0 Å². The van der Waals surface area contributed by atoms with Gasteiger partial charge in [0.05, 0.1) is 16.9 Å². The van der Waals surface area contributed by atoms with Gasteiger partial charge in [0.2, 0.25) is 0 Å². The second-order valence-corrected chi connectivity index (χ2v) is 4.95. The molecule has 1 aromatic carbocycles. The number of esters is 1. The smallest absolute Gasteiger partial charge is 0.341 e. The minimum absolute atomic E-state index is 0.210. The van der Waals surface area contributed by atoms with Crippen LogP contribution in [0.1, 0.15) is 31.1 Å². The monoisotopic (exact) mass is 240 g/mol. The van der Waals surface area contributed by atoms with Crippen LogP contribution in [0, 0.1) is 0 Å². The van der Waals surface area contributed by atoms with Gasteiger partial charge in [0.25, 0.3) is 0 Å². The minimum Gasteiger partial charge on any atom is -0.456 e. The summed E-state index contributed by atoms with van der Waals surface area (Å²) in [5.74, 6) is -0.512. The maximum Gasteiger partial charge on any atom is 0.341 e.